The molecule has 0 unspecified atom stereocenters. The Morgan fingerprint density at radius 2 is 1.96 bits per heavy atom. The van der Waals surface area contributed by atoms with E-state index in [1.807, 2.05) is 42.1 Å². The number of aromatic nitrogens is 2. The summed E-state index contributed by atoms with van der Waals surface area (Å²) in [6.07, 6.45) is 2.04. The van der Waals surface area contributed by atoms with Crippen LogP contribution in [0.4, 0.5) is 0 Å². The van der Waals surface area contributed by atoms with E-state index < -0.39 is 0 Å². The summed E-state index contributed by atoms with van der Waals surface area (Å²) in [5.74, 6) is 1.82. The van der Waals surface area contributed by atoms with Crippen LogP contribution in [0.2, 0.25) is 0 Å². The van der Waals surface area contributed by atoms with Crippen molar-refractivity contribution in [2.75, 3.05) is 26.4 Å². The molecule has 2 aromatic rings. The molecule has 0 fully saturated rings. The first kappa shape index (κ1) is 24.1. The van der Waals surface area contributed by atoms with Crippen molar-refractivity contribution in [1.82, 2.24) is 14.5 Å². The van der Waals surface area contributed by atoms with Crippen molar-refractivity contribution in [3.8, 4) is 0 Å². The van der Waals surface area contributed by atoms with E-state index in [9.17, 15) is 4.79 Å². The number of nitrogens with two attached hydrogens (primary N) is 1. The number of likely N-dealkylation sites (N-methyl/N-ethyl adjacent to an activating group) is 1. The molecule has 0 bridgehead atoms. The fraction of sp³-hybridized carbons (Fsp3) is 0.529. The van der Waals surface area contributed by atoms with Crippen LogP contribution in [0.15, 0.2) is 24.3 Å². The highest BCUT2D eigenvalue weighted by atomic mass is 35.5. The van der Waals surface area contributed by atoms with Gasteiger partial charge in [-0.15, -0.1) is 24.8 Å². The molecular formula is C17H28Cl2N4OS. The Balaban J connectivity index is 0.00000288. The van der Waals surface area contributed by atoms with E-state index >= 15 is 0 Å². The predicted molar refractivity (Wildman–Crippen MR) is 112 cm³/mol. The first-order valence-corrected chi connectivity index (χ1v) is 9.14. The molecule has 0 saturated heterocycles. The number of hydrogen-bond donors (Lipinski definition) is 1. The Labute approximate surface area is 166 Å². The zero-order valence-corrected chi connectivity index (χ0v) is 17.6. The lowest BCUT2D eigenvalue weighted by Gasteiger charge is -2.29. The Hall–Kier alpha value is -0.950. The molecule has 25 heavy (non-hydrogen) atoms. The van der Waals surface area contributed by atoms with Crippen molar-refractivity contribution in [2.24, 2.45) is 11.1 Å². The maximum Gasteiger partial charge on any atom is 0.242 e. The molecule has 0 atom stereocenters. The smallest absolute Gasteiger partial charge is 0.242 e. The van der Waals surface area contributed by atoms with Gasteiger partial charge in [-0.25, -0.2) is 4.98 Å². The quantitative estimate of drug-likeness (QED) is 0.766. The third-order valence-corrected chi connectivity index (χ3v) is 4.49. The van der Waals surface area contributed by atoms with E-state index in [0.29, 0.717) is 19.6 Å². The Kier molecular flexibility index (Phi) is 9.87. The normalized spacial score (nSPS) is 10.9. The number of thioether (sulfide) groups is 1. The maximum absolute atomic E-state index is 12.6. The molecule has 142 valence electrons. The van der Waals surface area contributed by atoms with E-state index in [0.717, 1.165) is 22.6 Å². The largest absolute Gasteiger partial charge is 0.344 e. The second-order valence-corrected chi connectivity index (χ2v) is 7.52. The fourth-order valence-corrected chi connectivity index (χ4v) is 3.07. The molecule has 2 N–H and O–H groups in total. The van der Waals surface area contributed by atoms with Gasteiger partial charge in [0.2, 0.25) is 5.91 Å². The van der Waals surface area contributed by atoms with Gasteiger partial charge >= 0.3 is 0 Å². The fourth-order valence-electron chi connectivity index (χ4n) is 2.59. The highest BCUT2D eigenvalue weighted by Gasteiger charge is 2.22. The van der Waals surface area contributed by atoms with Crippen molar-refractivity contribution >= 4 is 53.5 Å². The molecule has 0 spiro atoms. The number of nitrogens with zero attached hydrogens (tertiary/aromatic N) is 3. The number of carbonyl (C=O) groups excluding carboxylic acids is 1. The molecule has 1 aromatic heterocycles. The maximum atomic E-state index is 12.6. The van der Waals surface area contributed by atoms with Crippen molar-refractivity contribution in [1.29, 1.82) is 0 Å². The highest BCUT2D eigenvalue weighted by Crippen LogP contribution is 2.20. The lowest BCUT2D eigenvalue weighted by molar-refractivity contribution is -0.131. The number of amides is 1. The minimum Gasteiger partial charge on any atom is -0.344 e. The van der Waals surface area contributed by atoms with Gasteiger partial charge in [-0.05, 0) is 30.3 Å². The summed E-state index contributed by atoms with van der Waals surface area (Å²) in [7, 11) is 1.84. The van der Waals surface area contributed by atoms with Crippen molar-refractivity contribution < 1.29 is 4.79 Å². The number of rotatable bonds is 7. The number of hydrogen-bond acceptors (Lipinski definition) is 4. The number of para-hydroxylation sites is 2. The number of benzene rings is 1. The Morgan fingerprint density at radius 3 is 2.56 bits per heavy atom. The average molecular weight is 407 g/mol. The van der Waals surface area contributed by atoms with Crippen LogP contribution in [0.25, 0.3) is 11.0 Å². The van der Waals surface area contributed by atoms with Gasteiger partial charge in [-0.3, -0.25) is 4.79 Å². The van der Waals surface area contributed by atoms with Crippen LogP contribution in [-0.2, 0) is 17.1 Å². The van der Waals surface area contributed by atoms with Crippen molar-refractivity contribution in [3.63, 3.8) is 0 Å². The summed E-state index contributed by atoms with van der Waals surface area (Å²) in [5.41, 5.74) is 7.64. The van der Waals surface area contributed by atoms with Gasteiger partial charge in [0.25, 0.3) is 0 Å². The molecule has 1 amide bonds. The van der Waals surface area contributed by atoms with Crippen LogP contribution in [-0.4, -0.2) is 46.8 Å². The summed E-state index contributed by atoms with van der Waals surface area (Å²) < 4.78 is 2.03. The van der Waals surface area contributed by atoms with Crippen LogP contribution < -0.4 is 5.73 Å². The number of carbonyl (C=O) groups is 1. The van der Waals surface area contributed by atoms with Gasteiger partial charge in [0, 0.05) is 13.6 Å². The summed E-state index contributed by atoms with van der Waals surface area (Å²) in [6.45, 7) is 5.65. The molecule has 0 saturated carbocycles. The SMILES string of the molecule is CSCc1nc2ccccc2n1CC(=O)N(C)CC(C)(C)CN.Cl.Cl. The first-order chi connectivity index (χ1) is 10.9. The predicted octanol–water partition coefficient (Wildman–Crippen LogP) is 3.19. The summed E-state index contributed by atoms with van der Waals surface area (Å²) >= 11 is 1.71. The number of imidazole rings is 1. The van der Waals surface area contributed by atoms with Crippen molar-refractivity contribution in [2.45, 2.75) is 26.1 Å². The van der Waals surface area contributed by atoms with Gasteiger partial charge < -0.3 is 15.2 Å². The van der Waals surface area contributed by atoms with Gasteiger partial charge in [-0.1, -0.05) is 26.0 Å². The minimum absolute atomic E-state index is 0. The standard InChI is InChI=1S/C17H26N4OS.2ClH/c1-17(2,11-18)12-20(3)16(22)9-21-14-8-6-5-7-13(14)19-15(21)10-23-4;;/h5-8H,9-12,18H2,1-4H3;2*1H. The van der Waals surface area contributed by atoms with Crippen LogP contribution in [0.1, 0.15) is 19.7 Å². The lowest BCUT2D eigenvalue weighted by Crippen LogP contribution is -2.41. The van der Waals surface area contributed by atoms with Gasteiger partial charge in [0.05, 0.1) is 16.8 Å². The molecule has 1 aromatic carbocycles. The van der Waals surface area contributed by atoms with E-state index in [1.54, 1.807) is 16.7 Å². The molecule has 0 radical (unpaired) electrons. The Morgan fingerprint density at radius 1 is 1.32 bits per heavy atom. The van der Waals surface area contributed by atoms with Crippen LogP contribution in [0, 0.1) is 5.41 Å². The monoisotopic (exact) mass is 406 g/mol. The van der Waals surface area contributed by atoms with E-state index in [1.165, 1.54) is 0 Å². The minimum atomic E-state index is -0.0798. The molecule has 2 rings (SSSR count). The molecule has 5 nitrogen and oxygen atoms in total. The lowest BCUT2D eigenvalue weighted by atomic mass is 9.93. The molecule has 0 aliphatic carbocycles. The molecular weight excluding hydrogens is 379 g/mol. The highest BCUT2D eigenvalue weighted by molar-refractivity contribution is 7.97. The number of fused-ring (bicyclic) bond motifs is 1. The summed E-state index contributed by atoms with van der Waals surface area (Å²) in [5, 5.41) is 0. The van der Waals surface area contributed by atoms with E-state index in [-0.39, 0.29) is 36.1 Å². The first-order valence-electron chi connectivity index (χ1n) is 7.75. The van der Waals surface area contributed by atoms with Crippen LogP contribution in [0.5, 0.6) is 0 Å². The van der Waals surface area contributed by atoms with Gasteiger partial charge in [0.1, 0.15) is 12.4 Å². The van der Waals surface area contributed by atoms with Gasteiger partial charge in [-0.2, -0.15) is 11.8 Å². The van der Waals surface area contributed by atoms with Crippen molar-refractivity contribution in [3.05, 3.63) is 30.1 Å². The third kappa shape index (κ3) is 6.06. The van der Waals surface area contributed by atoms with E-state index in [2.05, 4.69) is 18.8 Å². The Bertz CT molecular complexity index is 690. The topological polar surface area (TPSA) is 64.2 Å². The number of halogens is 2. The molecule has 0 aliphatic rings. The zero-order chi connectivity index (χ0) is 17.0. The summed E-state index contributed by atoms with van der Waals surface area (Å²) in [6, 6.07) is 7.96. The van der Waals surface area contributed by atoms with Crippen LogP contribution >= 0.6 is 36.6 Å². The summed E-state index contributed by atoms with van der Waals surface area (Å²) in [4.78, 5) is 19.1. The molecule has 0 aliphatic heterocycles. The van der Waals surface area contributed by atoms with Gasteiger partial charge in [0.15, 0.2) is 0 Å². The molecule has 8 heteroatoms. The molecule has 1 heterocycles. The van der Waals surface area contributed by atoms with Crippen LogP contribution in [0.3, 0.4) is 0 Å². The van der Waals surface area contributed by atoms with E-state index in [4.69, 9.17) is 5.73 Å². The zero-order valence-electron chi connectivity index (χ0n) is 15.2. The second-order valence-electron chi connectivity index (χ2n) is 6.65. The average Bonchev–Trinajstić information content (AvgIpc) is 2.85. The third-order valence-electron chi connectivity index (χ3n) is 3.94. The second kappa shape index (κ2) is 10.3.